The van der Waals surface area contributed by atoms with Crippen LogP contribution in [0.25, 0.3) is 0 Å². The first-order valence-corrected chi connectivity index (χ1v) is 9.49. The minimum absolute atomic E-state index is 0.00556. The molecule has 0 fully saturated rings. The summed E-state index contributed by atoms with van der Waals surface area (Å²) in [4.78, 5) is 43.7. The Hall–Kier alpha value is -2.64. The number of allylic oxidation sites excluding steroid dienone is 1. The summed E-state index contributed by atoms with van der Waals surface area (Å²) in [7, 11) is 1.25. The molecule has 160 valence electrons. The number of esters is 1. The van der Waals surface area contributed by atoms with Gasteiger partial charge in [0.2, 0.25) is 11.8 Å². The quantitative estimate of drug-likeness (QED) is 0.264. The molecule has 0 aromatic heterocycles. The van der Waals surface area contributed by atoms with E-state index in [1.54, 1.807) is 6.92 Å². The predicted octanol–water partition coefficient (Wildman–Crippen LogP) is 3.04. The van der Waals surface area contributed by atoms with Crippen LogP contribution < -0.4 is 10.6 Å². The van der Waals surface area contributed by atoms with Crippen LogP contribution >= 0.6 is 0 Å². The van der Waals surface area contributed by atoms with E-state index in [-0.39, 0.29) is 23.2 Å². The number of nitrogens with one attached hydrogen (secondary N) is 2. The Morgan fingerprint density at radius 3 is 1.75 bits per heavy atom. The maximum Gasteiger partial charge on any atom is 0.353 e. The number of carboxylic acids is 1. The Kier molecular flexibility index (Phi) is 17.5. The van der Waals surface area contributed by atoms with Crippen LogP contribution in [0.15, 0.2) is 24.0 Å². The summed E-state index contributed by atoms with van der Waals surface area (Å²) in [5.41, 5.74) is -0.0551. The number of hydrogen-bond acceptors (Lipinski definition) is 5. The highest BCUT2D eigenvalue weighted by molar-refractivity contribution is 5.93. The van der Waals surface area contributed by atoms with Crippen molar-refractivity contribution in [1.29, 1.82) is 0 Å². The van der Waals surface area contributed by atoms with Crippen molar-refractivity contribution in [3.05, 3.63) is 24.0 Å². The van der Waals surface area contributed by atoms with Crippen LogP contribution in [0.3, 0.4) is 0 Å². The Morgan fingerprint density at radius 1 is 0.929 bits per heavy atom. The molecule has 8 nitrogen and oxygen atoms in total. The maximum atomic E-state index is 11.2. The van der Waals surface area contributed by atoms with Crippen molar-refractivity contribution in [3.8, 4) is 0 Å². The van der Waals surface area contributed by atoms with Crippen molar-refractivity contribution in [2.45, 2.75) is 72.1 Å². The van der Waals surface area contributed by atoms with E-state index < -0.39 is 11.9 Å². The first-order valence-electron chi connectivity index (χ1n) is 9.49. The van der Waals surface area contributed by atoms with Gasteiger partial charge in [0.05, 0.1) is 7.11 Å². The van der Waals surface area contributed by atoms with E-state index in [0.29, 0.717) is 12.8 Å². The first-order chi connectivity index (χ1) is 13.2. The number of carbonyl (C=O) groups excluding carboxylic acids is 3. The molecule has 0 bridgehead atoms. The molecule has 0 unspecified atom stereocenters. The van der Waals surface area contributed by atoms with Gasteiger partial charge in [-0.05, 0) is 19.8 Å². The van der Waals surface area contributed by atoms with Crippen LogP contribution in [0.1, 0.15) is 72.1 Å². The smallest absolute Gasteiger partial charge is 0.353 e. The molecule has 3 N–H and O–H groups in total. The van der Waals surface area contributed by atoms with Crippen molar-refractivity contribution < 1.29 is 29.0 Å². The van der Waals surface area contributed by atoms with E-state index in [9.17, 15) is 19.2 Å². The normalized spacial score (nSPS) is 10.2. The molecule has 0 aliphatic rings. The highest BCUT2D eigenvalue weighted by Crippen LogP contribution is 2.00. The standard InChI is InChI=1S/2C10H17NO3/c1-4-5-6-7-9(12)11-8(2)10(13)14-3;1-3-5-6-7-9(12)11-8(4-2)10(13)14/h2,4-7H2,1,3H3,(H,11,12);4H,3,5-7H2,1-2H3,(H,11,12)(H,13,14). The zero-order chi connectivity index (χ0) is 21.9. The Balaban J connectivity index is 0. The van der Waals surface area contributed by atoms with Crippen LogP contribution in [-0.4, -0.2) is 36.0 Å². The molecule has 2 amide bonds. The number of amides is 2. The number of carboxylic acid groups (broad SMARTS) is 1. The van der Waals surface area contributed by atoms with Gasteiger partial charge >= 0.3 is 11.9 Å². The minimum Gasteiger partial charge on any atom is -0.477 e. The van der Waals surface area contributed by atoms with Gasteiger partial charge in [0.25, 0.3) is 0 Å². The zero-order valence-electron chi connectivity index (χ0n) is 17.4. The molecule has 0 heterocycles. The molecular formula is C20H34N2O6. The van der Waals surface area contributed by atoms with Crippen LogP contribution in [0.5, 0.6) is 0 Å². The second-order valence-electron chi connectivity index (χ2n) is 5.99. The Labute approximate surface area is 167 Å². The average molecular weight is 399 g/mol. The lowest BCUT2D eigenvalue weighted by Crippen LogP contribution is -2.26. The largest absolute Gasteiger partial charge is 0.477 e. The molecule has 0 aromatic rings. The summed E-state index contributed by atoms with van der Waals surface area (Å²) in [5.74, 6) is -2.12. The summed E-state index contributed by atoms with van der Waals surface area (Å²) >= 11 is 0. The fraction of sp³-hybridized carbons (Fsp3) is 0.600. The van der Waals surface area contributed by atoms with Gasteiger partial charge in [-0.15, -0.1) is 0 Å². The number of aliphatic carboxylic acids is 1. The first kappa shape index (κ1) is 27.6. The van der Waals surface area contributed by atoms with Crippen molar-refractivity contribution in [2.24, 2.45) is 0 Å². The maximum absolute atomic E-state index is 11.2. The van der Waals surface area contributed by atoms with Gasteiger partial charge in [-0.2, -0.15) is 0 Å². The lowest BCUT2D eigenvalue weighted by atomic mass is 10.2. The monoisotopic (exact) mass is 398 g/mol. The molecule has 0 saturated heterocycles. The van der Waals surface area contributed by atoms with E-state index in [2.05, 4.69) is 28.9 Å². The summed E-state index contributed by atoms with van der Waals surface area (Å²) in [5, 5.41) is 13.3. The molecule has 0 aromatic carbocycles. The van der Waals surface area contributed by atoms with Gasteiger partial charge in [-0.1, -0.05) is 52.2 Å². The highest BCUT2D eigenvalue weighted by Gasteiger charge is 2.10. The molecule has 0 rings (SSSR count). The third-order valence-corrected chi connectivity index (χ3v) is 3.53. The summed E-state index contributed by atoms with van der Waals surface area (Å²) < 4.78 is 4.39. The molecule has 0 spiro atoms. The van der Waals surface area contributed by atoms with Gasteiger partial charge in [0.1, 0.15) is 11.4 Å². The molecule has 0 aliphatic carbocycles. The Bertz CT molecular complexity index is 555. The number of carbonyl (C=O) groups is 4. The van der Waals surface area contributed by atoms with Crippen molar-refractivity contribution >= 4 is 23.8 Å². The minimum atomic E-state index is -1.10. The molecule has 0 aliphatic heterocycles. The Morgan fingerprint density at radius 2 is 1.39 bits per heavy atom. The van der Waals surface area contributed by atoms with Gasteiger partial charge in [-0.25, -0.2) is 9.59 Å². The molecular weight excluding hydrogens is 364 g/mol. The number of ether oxygens (including phenoxy) is 1. The number of methoxy groups -OCH3 is 1. The van der Waals surface area contributed by atoms with E-state index >= 15 is 0 Å². The van der Waals surface area contributed by atoms with Crippen LogP contribution in [0, 0.1) is 0 Å². The van der Waals surface area contributed by atoms with Gasteiger partial charge in [-0.3, -0.25) is 9.59 Å². The SMILES string of the molecule is C=C(NC(=O)CCCCC)C(=O)OC.CC=C(NC(=O)CCCCC)C(=O)O. The van der Waals surface area contributed by atoms with Crippen molar-refractivity contribution in [1.82, 2.24) is 10.6 Å². The van der Waals surface area contributed by atoms with E-state index in [0.717, 1.165) is 38.5 Å². The lowest BCUT2D eigenvalue weighted by molar-refractivity contribution is -0.137. The summed E-state index contributed by atoms with van der Waals surface area (Å²) in [6.07, 6.45) is 7.93. The average Bonchev–Trinajstić information content (AvgIpc) is 2.66. The van der Waals surface area contributed by atoms with Crippen molar-refractivity contribution in [2.75, 3.05) is 7.11 Å². The van der Waals surface area contributed by atoms with Crippen LogP contribution in [0.4, 0.5) is 0 Å². The van der Waals surface area contributed by atoms with Gasteiger partial charge in [0, 0.05) is 12.8 Å². The van der Waals surface area contributed by atoms with Gasteiger partial charge < -0.3 is 20.5 Å². The summed E-state index contributed by atoms with van der Waals surface area (Å²) in [6, 6.07) is 0. The number of unbranched alkanes of at least 4 members (excludes halogenated alkanes) is 4. The molecule has 0 radical (unpaired) electrons. The molecule has 0 saturated carbocycles. The second kappa shape index (κ2) is 17.8. The third kappa shape index (κ3) is 15.6. The fourth-order valence-corrected chi connectivity index (χ4v) is 1.94. The van der Waals surface area contributed by atoms with E-state index in [4.69, 9.17) is 5.11 Å². The van der Waals surface area contributed by atoms with E-state index in [1.165, 1.54) is 13.2 Å². The fourth-order valence-electron chi connectivity index (χ4n) is 1.94. The molecule has 0 atom stereocenters. The molecule has 8 heteroatoms. The highest BCUT2D eigenvalue weighted by atomic mass is 16.5. The van der Waals surface area contributed by atoms with Crippen LogP contribution in [-0.2, 0) is 23.9 Å². The van der Waals surface area contributed by atoms with Crippen molar-refractivity contribution in [3.63, 3.8) is 0 Å². The second-order valence-corrected chi connectivity index (χ2v) is 5.99. The number of hydrogen-bond donors (Lipinski definition) is 3. The molecule has 28 heavy (non-hydrogen) atoms. The number of rotatable bonds is 12. The topological polar surface area (TPSA) is 122 Å². The summed E-state index contributed by atoms with van der Waals surface area (Å²) in [6.45, 7) is 9.08. The third-order valence-electron chi connectivity index (χ3n) is 3.53. The van der Waals surface area contributed by atoms with E-state index in [1.807, 2.05) is 6.92 Å². The lowest BCUT2D eigenvalue weighted by Gasteiger charge is -2.05. The zero-order valence-corrected chi connectivity index (χ0v) is 17.4. The predicted molar refractivity (Wildman–Crippen MR) is 107 cm³/mol. The van der Waals surface area contributed by atoms with Crippen LogP contribution in [0.2, 0.25) is 0 Å². The van der Waals surface area contributed by atoms with Gasteiger partial charge in [0.15, 0.2) is 0 Å².